The number of rotatable bonds is 4. The van der Waals surface area contributed by atoms with Crippen molar-refractivity contribution in [3.63, 3.8) is 0 Å². The normalized spacial score (nSPS) is 15.3. The van der Waals surface area contributed by atoms with Gasteiger partial charge in [0.05, 0.1) is 5.92 Å². The zero-order valence-electron chi connectivity index (χ0n) is 17.2. The van der Waals surface area contributed by atoms with Crippen LogP contribution in [0, 0.1) is 0 Å². The van der Waals surface area contributed by atoms with E-state index in [9.17, 15) is 14.7 Å². The largest absolute Gasteiger partial charge is 0.508 e. The highest BCUT2D eigenvalue weighted by Gasteiger charge is 2.35. The van der Waals surface area contributed by atoms with Gasteiger partial charge in [-0.2, -0.15) is 0 Å². The van der Waals surface area contributed by atoms with Crippen LogP contribution < -0.4 is 9.80 Å². The van der Waals surface area contributed by atoms with Crippen LogP contribution >= 0.6 is 11.6 Å². The molecule has 0 saturated carbocycles. The molecule has 0 fully saturated rings. The smallest absolute Gasteiger partial charge is 0.258 e. The van der Waals surface area contributed by atoms with E-state index in [-0.39, 0.29) is 23.5 Å². The zero-order chi connectivity index (χ0) is 22.0. The first-order valence-electron chi connectivity index (χ1n) is 10.3. The van der Waals surface area contributed by atoms with Gasteiger partial charge >= 0.3 is 0 Å². The summed E-state index contributed by atoms with van der Waals surface area (Å²) in [6.07, 6.45) is 0.532. The number of benzene rings is 3. The van der Waals surface area contributed by atoms with E-state index in [1.165, 1.54) is 12.1 Å². The van der Waals surface area contributed by atoms with E-state index in [0.29, 0.717) is 30.1 Å². The Kier molecular flexibility index (Phi) is 5.96. The number of amides is 2. The van der Waals surface area contributed by atoms with Crippen molar-refractivity contribution in [3.8, 4) is 5.75 Å². The van der Waals surface area contributed by atoms with E-state index < -0.39 is 0 Å². The lowest BCUT2D eigenvalue weighted by Gasteiger charge is -2.36. The number of phenolic OH excluding ortho intramolecular Hbond substituents is 1. The van der Waals surface area contributed by atoms with Crippen LogP contribution in [0.5, 0.6) is 5.75 Å². The molecule has 0 bridgehead atoms. The Balaban J connectivity index is 1.65. The van der Waals surface area contributed by atoms with Gasteiger partial charge in [0.1, 0.15) is 5.75 Å². The van der Waals surface area contributed by atoms with Crippen LogP contribution in [-0.4, -0.2) is 30.0 Å². The Morgan fingerprint density at radius 2 is 1.71 bits per heavy atom. The first-order chi connectivity index (χ1) is 15.0. The van der Waals surface area contributed by atoms with Crippen LogP contribution in [0.25, 0.3) is 0 Å². The number of nitrogens with zero attached hydrogens (tertiary/aromatic N) is 2. The summed E-state index contributed by atoms with van der Waals surface area (Å²) in [5, 5.41) is 10.1. The molecule has 1 N–H and O–H groups in total. The maximum Gasteiger partial charge on any atom is 0.258 e. The van der Waals surface area contributed by atoms with Crippen LogP contribution in [0.2, 0.25) is 5.02 Å². The second-order valence-corrected chi connectivity index (χ2v) is 7.90. The topological polar surface area (TPSA) is 60.9 Å². The maximum absolute atomic E-state index is 13.5. The molecule has 1 aliphatic heterocycles. The molecule has 0 aliphatic carbocycles. The van der Waals surface area contributed by atoms with Crippen molar-refractivity contribution in [3.05, 3.63) is 88.9 Å². The number of carbonyl (C=O) groups excluding carboxylic acids is 2. The molecule has 1 atom stereocenters. The Labute approximate surface area is 186 Å². The monoisotopic (exact) mass is 434 g/mol. The standard InChI is InChI=1S/C25H23ClN2O3/c1-2-27(19-11-9-18(26)10-12-19)25(31)22-15-16-28(23-6-4-3-5-21(22)23)24(30)17-7-13-20(29)14-8-17/h3-14,22,29H,2,15-16H2,1H3. The molecule has 4 rings (SSSR count). The van der Waals surface area contributed by atoms with Crippen molar-refractivity contribution in [2.24, 2.45) is 0 Å². The van der Waals surface area contributed by atoms with Gasteiger partial charge in [-0.05, 0) is 73.5 Å². The predicted molar refractivity (Wildman–Crippen MR) is 123 cm³/mol. The van der Waals surface area contributed by atoms with Crippen LogP contribution in [0.3, 0.4) is 0 Å². The van der Waals surface area contributed by atoms with Crippen molar-refractivity contribution in [1.82, 2.24) is 0 Å². The van der Waals surface area contributed by atoms with Crippen LogP contribution in [-0.2, 0) is 4.79 Å². The maximum atomic E-state index is 13.5. The Hall–Kier alpha value is -3.31. The SMILES string of the molecule is CCN(C(=O)C1CCN(C(=O)c2ccc(O)cc2)c2ccccc21)c1ccc(Cl)cc1. The van der Waals surface area contributed by atoms with Gasteiger partial charge in [0.15, 0.2) is 0 Å². The first kappa shape index (κ1) is 20.9. The fourth-order valence-corrected chi connectivity index (χ4v) is 4.19. The molecule has 2 amide bonds. The second kappa shape index (κ2) is 8.82. The lowest BCUT2D eigenvalue weighted by Crippen LogP contribution is -2.42. The van der Waals surface area contributed by atoms with E-state index >= 15 is 0 Å². The molecule has 0 radical (unpaired) electrons. The minimum atomic E-state index is -0.337. The van der Waals surface area contributed by atoms with Crippen molar-refractivity contribution in [2.75, 3.05) is 22.9 Å². The second-order valence-electron chi connectivity index (χ2n) is 7.46. The van der Waals surface area contributed by atoms with Crippen molar-refractivity contribution in [2.45, 2.75) is 19.3 Å². The number of phenols is 1. The highest BCUT2D eigenvalue weighted by molar-refractivity contribution is 6.30. The van der Waals surface area contributed by atoms with Crippen molar-refractivity contribution < 1.29 is 14.7 Å². The van der Waals surface area contributed by atoms with Gasteiger partial charge in [-0.3, -0.25) is 9.59 Å². The van der Waals surface area contributed by atoms with Crippen LogP contribution in [0.4, 0.5) is 11.4 Å². The van der Waals surface area contributed by atoms with E-state index in [4.69, 9.17) is 11.6 Å². The Morgan fingerprint density at radius 3 is 2.39 bits per heavy atom. The minimum Gasteiger partial charge on any atom is -0.508 e. The molecule has 1 heterocycles. The molecular weight excluding hydrogens is 412 g/mol. The van der Waals surface area contributed by atoms with Crippen LogP contribution in [0.15, 0.2) is 72.8 Å². The number of para-hydroxylation sites is 1. The van der Waals surface area contributed by atoms with Gasteiger partial charge in [0.2, 0.25) is 5.91 Å². The van der Waals surface area contributed by atoms with Gasteiger partial charge in [-0.15, -0.1) is 0 Å². The number of halogens is 1. The molecule has 5 nitrogen and oxygen atoms in total. The number of fused-ring (bicyclic) bond motifs is 1. The summed E-state index contributed by atoms with van der Waals surface area (Å²) in [5.74, 6) is -0.365. The third kappa shape index (κ3) is 4.14. The first-order valence-corrected chi connectivity index (χ1v) is 10.6. The molecule has 0 saturated heterocycles. The fraction of sp³-hybridized carbons (Fsp3) is 0.200. The lowest BCUT2D eigenvalue weighted by molar-refractivity contribution is -0.120. The van der Waals surface area contributed by atoms with Crippen LogP contribution in [0.1, 0.15) is 35.2 Å². The molecule has 6 heteroatoms. The molecule has 3 aromatic carbocycles. The molecule has 31 heavy (non-hydrogen) atoms. The molecule has 3 aromatic rings. The van der Waals surface area contributed by atoms with Gasteiger partial charge in [0.25, 0.3) is 5.91 Å². The molecular formula is C25H23ClN2O3. The Bertz CT molecular complexity index is 1100. The van der Waals surface area contributed by atoms with Crippen molar-refractivity contribution in [1.29, 1.82) is 0 Å². The van der Waals surface area contributed by atoms with Gasteiger partial charge < -0.3 is 14.9 Å². The molecule has 1 unspecified atom stereocenters. The van der Waals surface area contributed by atoms with Gasteiger partial charge in [0, 0.05) is 35.1 Å². The lowest BCUT2D eigenvalue weighted by atomic mass is 9.88. The number of likely N-dealkylation sites (N-methyl/N-ethyl adjacent to an activating group) is 1. The summed E-state index contributed by atoms with van der Waals surface area (Å²) < 4.78 is 0. The number of anilines is 2. The number of aromatic hydroxyl groups is 1. The molecule has 0 aromatic heterocycles. The number of carbonyl (C=O) groups is 2. The molecule has 1 aliphatic rings. The molecule has 0 spiro atoms. The van der Waals surface area contributed by atoms with E-state index in [1.54, 1.807) is 34.1 Å². The zero-order valence-corrected chi connectivity index (χ0v) is 17.9. The summed E-state index contributed by atoms with van der Waals surface area (Å²) in [5.41, 5.74) is 2.89. The fourth-order valence-electron chi connectivity index (χ4n) is 4.06. The summed E-state index contributed by atoms with van der Waals surface area (Å²) in [4.78, 5) is 30.1. The van der Waals surface area contributed by atoms with Gasteiger partial charge in [-0.25, -0.2) is 0 Å². The quantitative estimate of drug-likeness (QED) is 0.611. The average Bonchev–Trinajstić information content (AvgIpc) is 2.80. The summed E-state index contributed by atoms with van der Waals surface area (Å²) in [6.45, 7) is 2.92. The highest BCUT2D eigenvalue weighted by Crippen LogP contribution is 2.38. The Morgan fingerprint density at radius 1 is 1.03 bits per heavy atom. The van der Waals surface area contributed by atoms with E-state index in [1.807, 2.05) is 43.3 Å². The van der Waals surface area contributed by atoms with Gasteiger partial charge in [-0.1, -0.05) is 29.8 Å². The minimum absolute atomic E-state index is 0.00834. The summed E-state index contributed by atoms with van der Waals surface area (Å²) in [6, 6.07) is 21.0. The highest BCUT2D eigenvalue weighted by atomic mass is 35.5. The number of hydrogen-bond acceptors (Lipinski definition) is 3. The van der Waals surface area contributed by atoms with Crippen molar-refractivity contribution >= 4 is 34.8 Å². The predicted octanol–water partition coefficient (Wildman–Crippen LogP) is 5.23. The summed E-state index contributed by atoms with van der Waals surface area (Å²) in [7, 11) is 0. The molecule has 158 valence electrons. The average molecular weight is 435 g/mol. The summed E-state index contributed by atoms with van der Waals surface area (Å²) >= 11 is 6.00. The van der Waals surface area contributed by atoms with E-state index in [0.717, 1.165) is 16.9 Å². The third-order valence-electron chi connectivity index (χ3n) is 5.62. The third-order valence-corrected chi connectivity index (χ3v) is 5.87. The number of hydrogen-bond donors (Lipinski definition) is 1. The van der Waals surface area contributed by atoms with E-state index in [2.05, 4.69) is 0 Å².